The molecule has 5 rings (SSSR count). The van der Waals surface area contributed by atoms with Crippen LogP contribution in [0.4, 0.5) is 13.2 Å². The first-order chi connectivity index (χ1) is 16.7. The maximum absolute atomic E-state index is 13.5. The van der Waals surface area contributed by atoms with Gasteiger partial charge in [-0.15, -0.1) is 0 Å². The minimum absolute atomic E-state index is 0.150. The molecule has 2 heterocycles. The van der Waals surface area contributed by atoms with Gasteiger partial charge in [0, 0.05) is 17.3 Å². The van der Waals surface area contributed by atoms with Crippen LogP contribution in [-0.2, 0) is 6.18 Å². The topological polar surface area (TPSA) is 100 Å². The summed E-state index contributed by atoms with van der Waals surface area (Å²) in [6.07, 6.45) is 1.16. The van der Waals surface area contributed by atoms with E-state index in [9.17, 15) is 23.1 Å². The van der Waals surface area contributed by atoms with Gasteiger partial charge >= 0.3 is 6.18 Å². The average molecular weight is 489 g/mol. The van der Waals surface area contributed by atoms with Crippen LogP contribution >= 0.6 is 0 Å². The number of aromatic amines is 1. The van der Waals surface area contributed by atoms with Gasteiger partial charge in [-0.25, -0.2) is 9.97 Å². The first kappa shape index (κ1) is 23.6. The van der Waals surface area contributed by atoms with Crippen molar-refractivity contribution in [3.8, 4) is 17.0 Å². The SMILES string of the molecule is Cc1[nH]c2c(-c3cc(C(F)(F)F)ccc3OCC3CC3)ncnc2c1C(=O)N[C@H]1CCC[C@H](O)C1. The van der Waals surface area contributed by atoms with E-state index >= 15 is 0 Å². The van der Waals surface area contributed by atoms with E-state index in [0.29, 0.717) is 47.0 Å². The summed E-state index contributed by atoms with van der Waals surface area (Å²) in [4.78, 5) is 24.8. The van der Waals surface area contributed by atoms with Gasteiger partial charge in [-0.1, -0.05) is 0 Å². The summed E-state index contributed by atoms with van der Waals surface area (Å²) in [7, 11) is 0. The second-order valence-corrected chi connectivity index (χ2v) is 9.52. The highest BCUT2D eigenvalue weighted by Crippen LogP contribution is 2.40. The second-order valence-electron chi connectivity index (χ2n) is 9.52. The Balaban J connectivity index is 1.54. The molecular formula is C25H27F3N4O3. The number of alkyl halides is 3. The number of rotatable bonds is 6. The lowest BCUT2D eigenvalue weighted by Gasteiger charge is -2.26. The van der Waals surface area contributed by atoms with Crippen molar-refractivity contribution < 1.29 is 27.8 Å². The Morgan fingerprint density at radius 3 is 2.74 bits per heavy atom. The van der Waals surface area contributed by atoms with Crippen molar-refractivity contribution in [1.29, 1.82) is 0 Å². The van der Waals surface area contributed by atoms with Crippen LogP contribution in [0.5, 0.6) is 5.75 Å². The van der Waals surface area contributed by atoms with Crippen LogP contribution in [-0.4, -0.2) is 44.7 Å². The number of carbonyl (C=O) groups is 1. The van der Waals surface area contributed by atoms with Crippen LogP contribution < -0.4 is 10.1 Å². The number of nitrogens with one attached hydrogen (secondary N) is 2. The lowest BCUT2D eigenvalue weighted by atomic mass is 9.93. The third kappa shape index (κ3) is 4.98. The number of hydrogen-bond acceptors (Lipinski definition) is 5. The highest BCUT2D eigenvalue weighted by molar-refractivity contribution is 6.09. The summed E-state index contributed by atoms with van der Waals surface area (Å²) in [6.45, 7) is 2.14. The molecule has 3 N–H and O–H groups in total. The number of ether oxygens (including phenoxy) is 1. The number of halogens is 3. The Kier molecular flexibility index (Phi) is 6.16. The van der Waals surface area contributed by atoms with E-state index in [-0.39, 0.29) is 23.2 Å². The highest BCUT2D eigenvalue weighted by Gasteiger charge is 2.33. The summed E-state index contributed by atoms with van der Waals surface area (Å²) >= 11 is 0. The fraction of sp³-hybridized carbons (Fsp3) is 0.480. The number of aliphatic hydroxyl groups excluding tert-OH is 1. The largest absolute Gasteiger partial charge is 0.493 e. The standard InChI is InChI=1S/C25H27F3N4O3/c1-13-20(24(34)32-16-3-2-4-17(33)10-16)22-23(31-13)21(29-12-30-22)18-9-15(25(26,27)28)7-8-19(18)35-11-14-5-6-14/h7-9,12,14,16-17,31,33H,2-6,10-11H2,1H3,(H,32,34)/t16-,17-/m0/s1. The zero-order valence-electron chi connectivity index (χ0n) is 19.3. The van der Waals surface area contributed by atoms with Crippen LogP contribution in [0, 0.1) is 12.8 Å². The number of H-pyrrole nitrogens is 1. The van der Waals surface area contributed by atoms with Gasteiger partial charge in [0.05, 0.1) is 29.4 Å². The molecule has 35 heavy (non-hydrogen) atoms. The number of benzene rings is 1. The highest BCUT2D eigenvalue weighted by atomic mass is 19.4. The molecule has 2 fully saturated rings. The van der Waals surface area contributed by atoms with E-state index in [2.05, 4.69) is 20.3 Å². The number of aromatic nitrogens is 3. The summed E-state index contributed by atoms with van der Waals surface area (Å²) in [5, 5.41) is 12.9. The summed E-state index contributed by atoms with van der Waals surface area (Å²) in [6, 6.07) is 3.21. The van der Waals surface area contributed by atoms with Crippen LogP contribution in [0.25, 0.3) is 22.3 Å². The molecule has 0 spiro atoms. The molecule has 186 valence electrons. The van der Waals surface area contributed by atoms with Crippen molar-refractivity contribution in [3.63, 3.8) is 0 Å². The lowest BCUT2D eigenvalue weighted by molar-refractivity contribution is -0.137. The molecular weight excluding hydrogens is 461 g/mol. The molecule has 1 aromatic carbocycles. The minimum atomic E-state index is -4.53. The summed E-state index contributed by atoms with van der Waals surface area (Å²) in [5.41, 5.74) is 1.16. The molecule has 0 saturated heterocycles. The minimum Gasteiger partial charge on any atom is -0.493 e. The van der Waals surface area contributed by atoms with Crippen LogP contribution in [0.3, 0.4) is 0 Å². The van der Waals surface area contributed by atoms with E-state index in [4.69, 9.17) is 4.74 Å². The van der Waals surface area contributed by atoms with Gasteiger partial charge in [0.25, 0.3) is 5.91 Å². The summed E-state index contributed by atoms with van der Waals surface area (Å²) < 4.78 is 46.5. The Morgan fingerprint density at radius 2 is 2.03 bits per heavy atom. The Bertz CT molecular complexity index is 1250. The molecule has 2 atom stereocenters. The predicted molar refractivity (Wildman–Crippen MR) is 123 cm³/mol. The first-order valence-corrected chi connectivity index (χ1v) is 11.9. The van der Waals surface area contributed by atoms with Gasteiger partial charge in [-0.05, 0) is 69.6 Å². The zero-order chi connectivity index (χ0) is 24.7. The van der Waals surface area contributed by atoms with Crippen LogP contribution in [0.2, 0.25) is 0 Å². The van der Waals surface area contributed by atoms with E-state index in [0.717, 1.165) is 44.2 Å². The van der Waals surface area contributed by atoms with Gasteiger partial charge in [0.1, 0.15) is 23.3 Å². The molecule has 2 aliphatic carbocycles. The maximum Gasteiger partial charge on any atom is 0.416 e. The lowest BCUT2D eigenvalue weighted by Crippen LogP contribution is -2.39. The van der Waals surface area contributed by atoms with Crippen molar-refractivity contribution in [1.82, 2.24) is 20.3 Å². The van der Waals surface area contributed by atoms with Crippen molar-refractivity contribution in [3.05, 3.63) is 41.3 Å². The summed E-state index contributed by atoms with van der Waals surface area (Å²) in [5.74, 6) is 0.378. The molecule has 1 amide bonds. The van der Waals surface area contributed by atoms with Crippen molar-refractivity contribution in [2.24, 2.45) is 5.92 Å². The number of aliphatic hydroxyl groups is 1. The number of amides is 1. The van der Waals surface area contributed by atoms with E-state index in [1.165, 1.54) is 12.4 Å². The number of fused-ring (bicyclic) bond motifs is 1. The molecule has 0 aliphatic heterocycles. The van der Waals surface area contributed by atoms with Gasteiger partial charge in [0.15, 0.2) is 0 Å². The fourth-order valence-corrected chi connectivity index (χ4v) is 4.67. The molecule has 2 saturated carbocycles. The molecule has 3 aromatic rings. The molecule has 7 nitrogen and oxygen atoms in total. The van der Waals surface area contributed by atoms with E-state index in [1.54, 1.807) is 6.92 Å². The van der Waals surface area contributed by atoms with Crippen molar-refractivity contribution in [2.75, 3.05) is 6.61 Å². The molecule has 0 bridgehead atoms. The van der Waals surface area contributed by atoms with E-state index < -0.39 is 17.8 Å². The van der Waals surface area contributed by atoms with Crippen LogP contribution in [0.1, 0.15) is 60.1 Å². The number of nitrogens with zero attached hydrogens (tertiary/aromatic N) is 2. The van der Waals surface area contributed by atoms with Crippen molar-refractivity contribution in [2.45, 2.75) is 63.8 Å². The normalized spacial score (nSPS) is 20.7. The third-order valence-electron chi connectivity index (χ3n) is 6.71. The Hall–Kier alpha value is -3.14. The first-order valence-electron chi connectivity index (χ1n) is 11.9. The van der Waals surface area contributed by atoms with Gasteiger partial charge in [-0.2, -0.15) is 13.2 Å². The molecule has 2 aliphatic rings. The van der Waals surface area contributed by atoms with Gasteiger partial charge < -0.3 is 20.1 Å². The zero-order valence-corrected chi connectivity index (χ0v) is 19.3. The van der Waals surface area contributed by atoms with Gasteiger partial charge in [-0.3, -0.25) is 4.79 Å². The molecule has 0 unspecified atom stereocenters. The average Bonchev–Trinajstić information content (AvgIpc) is 3.56. The quantitative estimate of drug-likeness (QED) is 0.464. The third-order valence-corrected chi connectivity index (χ3v) is 6.71. The number of hydrogen-bond donors (Lipinski definition) is 3. The van der Waals surface area contributed by atoms with Crippen LogP contribution in [0.15, 0.2) is 24.5 Å². The van der Waals surface area contributed by atoms with E-state index in [1.807, 2.05) is 0 Å². The monoisotopic (exact) mass is 488 g/mol. The smallest absolute Gasteiger partial charge is 0.416 e. The number of aryl methyl sites for hydroxylation is 1. The van der Waals surface area contributed by atoms with Crippen molar-refractivity contribution >= 4 is 16.9 Å². The predicted octanol–water partition coefficient (Wildman–Crippen LogP) is 4.77. The second kappa shape index (κ2) is 9.14. The maximum atomic E-state index is 13.5. The van der Waals surface area contributed by atoms with Gasteiger partial charge in [0.2, 0.25) is 0 Å². The Morgan fingerprint density at radius 1 is 1.23 bits per heavy atom. The fourth-order valence-electron chi connectivity index (χ4n) is 4.67. The Labute approximate surface area is 200 Å². The molecule has 10 heteroatoms. The number of carbonyl (C=O) groups excluding carboxylic acids is 1. The molecule has 2 aromatic heterocycles. The molecule has 0 radical (unpaired) electrons.